The number of H-pyrrole nitrogens is 2. The monoisotopic (exact) mass is 647 g/mol. The molecule has 0 atom stereocenters. The molecule has 14 nitrogen and oxygen atoms in total. The Morgan fingerprint density at radius 1 is 0.878 bits per heavy atom. The first-order chi connectivity index (χ1) is 19.8. The Bertz CT molecular complexity index is 1300. The van der Waals surface area contributed by atoms with Crippen molar-refractivity contribution in [1.82, 2.24) is 39.9 Å². The van der Waals surface area contributed by atoms with Gasteiger partial charge in [0.1, 0.15) is 22.7 Å². The van der Waals surface area contributed by atoms with Crippen LogP contribution >= 0.6 is 28.7 Å². The summed E-state index contributed by atoms with van der Waals surface area (Å²) in [5.74, 6) is 2.14. The van der Waals surface area contributed by atoms with Crippen LogP contribution in [-0.2, 0) is 9.47 Å². The first-order valence-corrected chi connectivity index (χ1v) is 14.1. The summed E-state index contributed by atoms with van der Waals surface area (Å²) in [5, 5.41) is 7.32. The number of nitrogens with zero attached hydrogens (tertiary/aromatic N) is 8. The van der Waals surface area contributed by atoms with Gasteiger partial charge in [-0.25, -0.2) is 29.9 Å². The van der Waals surface area contributed by atoms with Crippen molar-refractivity contribution in [2.24, 2.45) is 4.30 Å². The van der Waals surface area contributed by atoms with Crippen molar-refractivity contribution in [2.75, 3.05) is 37.9 Å². The van der Waals surface area contributed by atoms with Crippen molar-refractivity contribution in [3.05, 3.63) is 22.7 Å². The average Bonchev–Trinajstić information content (AvgIpc) is 3.59. The van der Waals surface area contributed by atoms with Gasteiger partial charge >= 0.3 is 24.8 Å². The summed E-state index contributed by atoms with van der Waals surface area (Å²) < 4.78 is 13.4. The van der Waals surface area contributed by atoms with Gasteiger partial charge in [0, 0.05) is 33.4 Å². The molecule has 4 aromatic rings. The fourth-order valence-electron chi connectivity index (χ4n) is 3.35. The number of thiol groups is 1. The average molecular weight is 648 g/mol. The Morgan fingerprint density at radius 2 is 1.32 bits per heavy atom. The maximum absolute atomic E-state index is 7.32. The fourth-order valence-corrected chi connectivity index (χ4v) is 3.71. The van der Waals surface area contributed by atoms with E-state index in [0.29, 0.717) is 50.3 Å². The van der Waals surface area contributed by atoms with Crippen molar-refractivity contribution in [3.63, 3.8) is 0 Å². The molecule has 1 radical (unpaired) electrons. The number of rotatable bonds is 0. The molecule has 4 aromatic heterocycles. The number of nitriles is 1. The van der Waals surface area contributed by atoms with Gasteiger partial charge in [-0.1, -0.05) is 0 Å². The number of fused-ring (bicyclic) bond motifs is 2. The standard InChI is InChI=1S/C6H6BrN5.C6H7N5.2C5H10O.C2H3N.BHNS/c1-2-9-4(8)3-5(10-2)12-6(7)11-3;1-3-10-5(7)4-6(11-3)9-2-8-4;2*1-2-4-6-5-3-1;2*1-2-3/h1H3,(H3,8,9,10,11,12);2H,1H3,(H3,7,8,9,10,11);2*1-5H2;1H3;3H. The molecule has 41 heavy (non-hydrogen) atoms. The molecule has 0 aliphatic carbocycles. The Balaban J connectivity index is 0.000000266. The van der Waals surface area contributed by atoms with E-state index in [1.807, 2.05) is 0 Å². The van der Waals surface area contributed by atoms with Gasteiger partial charge in [-0.3, -0.25) is 0 Å². The second kappa shape index (κ2) is 21.5. The molecule has 0 bridgehead atoms. The number of nitrogens with two attached hydrogens (primary N) is 2. The number of nitrogen functional groups attached to an aromatic ring is 2. The minimum absolute atomic E-state index is 0.427. The number of halogens is 1. The predicted molar refractivity (Wildman–Crippen MR) is 167 cm³/mol. The second-order valence-corrected chi connectivity index (χ2v) is 9.31. The summed E-state index contributed by atoms with van der Waals surface area (Å²) in [6.45, 7) is 8.99. The maximum atomic E-state index is 7.32. The third-order valence-corrected chi connectivity index (χ3v) is 5.42. The molecule has 0 aromatic carbocycles. The number of hydrogen-bond acceptors (Lipinski definition) is 13. The van der Waals surface area contributed by atoms with Crippen LogP contribution in [0, 0.1) is 25.2 Å². The van der Waals surface area contributed by atoms with Gasteiger partial charge in [0.2, 0.25) is 0 Å². The molecule has 0 spiro atoms. The molecule has 6 rings (SSSR count). The van der Waals surface area contributed by atoms with Crippen molar-refractivity contribution < 1.29 is 9.47 Å². The van der Waals surface area contributed by atoms with Crippen LogP contribution in [-0.4, -0.2) is 73.9 Å². The van der Waals surface area contributed by atoms with Gasteiger partial charge in [0.25, 0.3) is 0 Å². The zero-order valence-electron chi connectivity index (χ0n) is 23.6. The minimum atomic E-state index is 0.427. The van der Waals surface area contributed by atoms with E-state index in [1.54, 1.807) is 26.2 Å². The summed E-state index contributed by atoms with van der Waals surface area (Å²) in [7, 11) is 4.34. The summed E-state index contributed by atoms with van der Waals surface area (Å²) in [6, 6.07) is 1.75. The van der Waals surface area contributed by atoms with Crippen LogP contribution in [0.4, 0.5) is 11.6 Å². The number of aromatic amines is 2. The topological polar surface area (TPSA) is 216 Å². The summed E-state index contributed by atoms with van der Waals surface area (Å²) in [6.07, 6.45) is 9.41. The molecule has 6 N–H and O–H groups in total. The van der Waals surface area contributed by atoms with Crippen LogP contribution in [0.3, 0.4) is 0 Å². The van der Waals surface area contributed by atoms with E-state index in [2.05, 4.69) is 80.6 Å². The fraction of sp³-hybridized carbons (Fsp3) is 0.542. The van der Waals surface area contributed by atoms with Gasteiger partial charge in [0.15, 0.2) is 27.7 Å². The number of aryl methyl sites for hydroxylation is 2. The summed E-state index contributed by atoms with van der Waals surface area (Å²) >= 11 is 6.38. The molecule has 0 unspecified atom stereocenters. The summed E-state index contributed by atoms with van der Waals surface area (Å²) in [5.41, 5.74) is 13.8. The Morgan fingerprint density at radius 3 is 1.73 bits per heavy atom. The van der Waals surface area contributed by atoms with Gasteiger partial charge in [-0.05, 0) is 68.3 Å². The van der Waals surface area contributed by atoms with Gasteiger partial charge in [-0.15, -0.1) is 0 Å². The van der Waals surface area contributed by atoms with E-state index in [4.69, 9.17) is 26.2 Å². The SMILES string of the molecule is C1CCOCC1.C1CCOCC1.CC#N.Cc1nc(N)c2[nH]c(Br)nc2n1.Cc1nc(N)c2[nH]cnc2n1.[B]=NS. The van der Waals surface area contributed by atoms with Crippen LogP contribution in [0.25, 0.3) is 22.3 Å². The van der Waals surface area contributed by atoms with E-state index >= 15 is 0 Å². The molecule has 2 aliphatic heterocycles. The number of aromatic nitrogens is 8. The van der Waals surface area contributed by atoms with Crippen molar-refractivity contribution in [3.8, 4) is 6.07 Å². The van der Waals surface area contributed by atoms with Crippen molar-refractivity contribution in [1.29, 1.82) is 5.26 Å². The molecular formula is C24H37BBrN12O2S. The molecular weight excluding hydrogens is 611 g/mol. The number of imidazole rings is 2. The Kier molecular flexibility index (Phi) is 18.8. The number of nitrogens with one attached hydrogen (secondary N) is 2. The van der Waals surface area contributed by atoms with Crippen LogP contribution < -0.4 is 11.5 Å². The van der Waals surface area contributed by atoms with Crippen LogP contribution in [0.1, 0.15) is 57.1 Å². The quantitative estimate of drug-likeness (QED) is 0.103. The molecule has 0 saturated carbocycles. The Labute approximate surface area is 254 Å². The van der Waals surface area contributed by atoms with Crippen molar-refractivity contribution in [2.45, 2.75) is 59.3 Å². The van der Waals surface area contributed by atoms with Crippen LogP contribution in [0.15, 0.2) is 15.4 Å². The van der Waals surface area contributed by atoms with Gasteiger partial charge in [-0.2, -0.15) is 5.26 Å². The van der Waals surface area contributed by atoms with Gasteiger partial charge < -0.3 is 30.9 Å². The molecule has 221 valence electrons. The number of ether oxygens (including phenoxy) is 2. The normalized spacial score (nSPS) is 13.5. The first-order valence-electron chi connectivity index (χ1n) is 12.9. The Hall–Kier alpha value is -3.20. The van der Waals surface area contributed by atoms with E-state index in [0.717, 1.165) is 26.4 Å². The van der Waals surface area contributed by atoms with Crippen LogP contribution in [0.2, 0.25) is 0 Å². The predicted octanol–water partition coefficient (Wildman–Crippen LogP) is 4.34. The van der Waals surface area contributed by atoms with Crippen LogP contribution in [0.5, 0.6) is 0 Å². The van der Waals surface area contributed by atoms with E-state index < -0.39 is 0 Å². The first kappa shape index (κ1) is 35.8. The van der Waals surface area contributed by atoms with E-state index in [1.165, 1.54) is 45.4 Å². The molecule has 0 amide bonds. The van der Waals surface area contributed by atoms with Gasteiger partial charge in [0.05, 0.1) is 12.4 Å². The zero-order valence-corrected chi connectivity index (χ0v) is 26.1. The molecule has 2 aliphatic rings. The second-order valence-electron chi connectivity index (χ2n) is 8.32. The van der Waals surface area contributed by atoms with E-state index in [9.17, 15) is 0 Å². The van der Waals surface area contributed by atoms with E-state index in [-0.39, 0.29) is 0 Å². The molecule has 2 fully saturated rings. The summed E-state index contributed by atoms with van der Waals surface area (Å²) in [4.78, 5) is 29.9. The zero-order chi connectivity index (χ0) is 30.5. The number of hydrogen-bond donors (Lipinski definition) is 5. The third-order valence-electron chi connectivity index (χ3n) is 5.04. The molecule has 2 saturated heterocycles. The molecule has 17 heteroatoms. The number of anilines is 2. The van der Waals surface area contributed by atoms with Crippen molar-refractivity contribution >= 4 is 70.3 Å². The third kappa shape index (κ3) is 14.8. The molecule has 6 heterocycles.